The van der Waals surface area contributed by atoms with Crippen molar-refractivity contribution in [2.45, 2.75) is 25.3 Å². The summed E-state index contributed by atoms with van der Waals surface area (Å²) in [6.45, 7) is 3.70. The quantitative estimate of drug-likeness (QED) is 0.845. The average Bonchev–Trinajstić information content (AvgIpc) is 2.42. The molecule has 1 saturated heterocycles. The molecule has 3 heteroatoms. The number of rotatable bonds is 5. The molecule has 2 rings (SSSR count). The molecule has 0 aliphatic carbocycles. The Kier molecular flexibility index (Phi) is 4.83. The van der Waals surface area contributed by atoms with E-state index in [-0.39, 0.29) is 0 Å². The zero-order chi connectivity index (χ0) is 11.9. The van der Waals surface area contributed by atoms with Crippen LogP contribution in [0.2, 0.25) is 0 Å². The first kappa shape index (κ1) is 12.4. The van der Waals surface area contributed by atoms with Gasteiger partial charge in [-0.05, 0) is 38.1 Å². The molecule has 3 nitrogen and oxygen atoms in total. The van der Waals surface area contributed by atoms with E-state index >= 15 is 0 Å². The van der Waals surface area contributed by atoms with E-state index in [1.165, 1.54) is 32.4 Å². The number of hydrogen-bond acceptors (Lipinski definition) is 3. The van der Waals surface area contributed by atoms with Gasteiger partial charge in [0.25, 0.3) is 0 Å². The molecule has 1 aliphatic rings. The second-order valence-electron chi connectivity index (χ2n) is 4.61. The third-order valence-electron chi connectivity index (χ3n) is 3.36. The van der Waals surface area contributed by atoms with Crippen LogP contribution in [0.15, 0.2) is 30.3 Å². The van der Waals surface area contributed by atoms with E-state index in [0.29, 0.717) is 19.2 Å². The highest BCUT2D eigenvalue weighted by Gasteiger charge is 2.19. The summed E-state index contributed by atoms with van der Waals surface area (Å²) in [6, 6.07) is 10.3. The van der Waals surface area contributed by atoms with Gasteiger partial charge in [0.05, 0.1) is 6.04 Å². The summed E-state index contributed by atoms with van der Waals surface area (Å²) in [7, 11) is 0. The highest BCUT2D eigenvalue weighted by Crippen LogP contribution is 2.14. The Morgan fingerprint density at radius 3 is 2.47 bits per heavy atom. The van der Waals surface area contributed by atoms with Crippen molar-refractivity contribution in [1.82, 2.24) is 4.90 Å². The smallest absolute Gasteiger partial charge is 0.119 e. The summed E-state index contributed by atoms with van der Waals surface area (Å²) >= 11 is 0. The Balaban J connectivity index is 1.82. The fourth-order valence-electron chi connectivity index (χ4n) is 2.32. The van der Waals surface area contributed by atoms with Crippen LogP contribution in [-0.4, -0.2) is 37.2 Å². The van der Waals surface area contributed by atoms with Crippen LogP contribution >= 0.6 is 0 Å². The van der Waals surface area contributed by atoms with Crippen molar-refractivity contribution in [3.05, 3.63) is 30.3 Å². The van der Waals surface area contributed by atoms with Crippen LogP contribution in [-0.2, 0) is 0 Å². The topological polar surface area (TPSA) is 38.5 Å². The molecule has 0 aromatic heterocycles. The minimum absolute atomic E-state index is 0.357. The second-order valence-corrected chi connectivity index (χ2v) is 4.61. The Morgan fingerprint density at radius 2 is 1.82 bits per heavy atom. The van der Waals surface area contributed by atoms with E-state index in [0.717, 1.165) is 5.75 Å². The normalized spacial score (nSPS) is 18.9. The van der Waals surface area contributed by atoms with Gasteiger partial charge in [0.15, 0.2) is 0 Å². The van der Waals surface area contributed by atoms with E-state index in [9.17, 15) is 0 Å². The van der Waals surface area contributed by atoms with Gasteiger partial charge in [0.2, 0.25) is 0 Å². The van der Waals surface area contributed by atoms with Crippen LogP contribution in [0, 0.1) is 0 Å². The third-order valence-corrected chi connectivity index (χ3v) is 3.36. The molecule has 1 fully saturated rings. The number of para-hydroxylation sites is 1. The summed E-state index contributed by atoms with van der Waals surface area (Å²) in [6.07, 6.45) is 3.94. The molecule has 0 radical (unpaired) electrons. The third kappa shape index (κ3) is 3.72. The monoisotopic (exact) mass is 234 g/mol. The molecule has 94 valence electrons. The zero-order valence-corrected chi connectivity index (χ0v) is 10.3. The van der Waals surface area contributed by atoms with E-state index in [4.69, 9.17) is 10.5 Å². The summed E-state index contributed by atoms with van der Waals surface area (Å²) in [5, 5.41) is 0. The van der Waals surface area contributed by atoms with Crippen LogP contribution in [0.4, 0.5) is 0 Å². The molecule has 1 aliphatic heterocycles. The molecule has 2 N–H and O–H groups in total. The lowest BCUT2D eigenvalue weighted by atomic mass is 10.1. The van der Waals surface area contributed by atoms with Crippen molar-refractivity contribution >= 4 is 0 Å². The lowest BCUT2D eigenvalue weighted by Gasteiger charge is -2.33. The van der Waals surface area contributed by atoms with Gasteiger partial charge in [0.1, 0.15) is 12.4 Å². The van der Waals surface area contributed by atoms with Crippen molar-refractivity contribution in [1.29, 1.82) is 0 Å². The number of nitrogens with zero attached hydrogens (tertiary/aromatic N) is 1. The van der Waals surface area contributed by atoms with Crippen molar-refractivity contribution in [3.8, 4) is 5.75 Å². The van der Waals surface area contributed by atoms with E-state index in [1.807, 2.05) is 30.3 Å². The minimum Gasteiger partial charge on any atom is -0.492 e. The number of piperidine rings is 1. The van der Waals surface area contributed by atoms with Gasteiger partial charge in [-0.25, -0.2) is 0 Å². The Morgan fingerprint density at radius 1 is 1.12 bits per heavy atom. The molecule has 1 heterocycles. The number of nitrogens with two attached hydrogens (primary N) is 1. The Labute approximate surface area is 104 Å². The molecule has 17 heavy (non-hydrogen) atoms. The van der Waals surface area contributed by atoms with Crippen LogP contribution in [0.25, 0.3) is 0 Å². The fraction of sp³-hybridized carbons (Fsp3) is 0.571. The predicted octanol–water partition coefficient (Wildman–Crippen LogP) is 1.88. The number of hydrogen-bond donors (Lipinski definition) is 1. The van der Waals surface area contributed by atoms with Gasteiger partial charge in [-0.2, -0.15) is 0 Å². The maximum absolute atomic E-state index is 5.85. The Hall–Kier alpha value is -1.06. The summed E-state index contributed by atoms with van der Waals surface area (Å²) in [5.41, 5.74) is 5.85. The first-order chi connectivity index (χ1) is 8.40. The SMILES string of the molecule is NCC(COc1ccccc1)N1CCCCC1. The molecule has 0 spiro atoms. The van der Waals surface area contributed by atoms with Crippen molar-refractivity contribution < 1.29 is 4.74 Å². The maximum Gasteiger partial charge on any atom is 0.119 e. The minimum atomic E-state index is 0.357. The number of ether oxygens (including phenoxy) is 1. The number of likely N-dealkylation sites (tertiary alicyclic amines) is 1. The average molecular weight is 234 g/mol. The van der Waals surface area contributed by atoms with Crippen LogP contribution in [0.1, 0.15) is 19.3 Å². The lowest BCUT2D eigenvalue weighted by molar-refractivity contribution is 0.118. The standard InChI is InChI=1S/C14H22N2O/c15-11-13(16-9-5-2-6-10-16)12-17-14-7-3-1-4-8-14/h1,3-4,7-8,13H,2,5-6,9-12,15H2. The molecule has 1 atom stereocenters. The molecule has 0 bridgehead atoms. The first-order valence-corrected chi connectivity index (χ1v) is 6.52. The molecule has 0 saturated carbocycles. The molecular formula is C14H22N2O. The molecule has 1 aromatic rings. The van der Waals surface area contributed by atoms with E-state index in [2.05, 4.69) is 4.90 Å². The van der Waals surface area contributed by atoms with E-state index in [1.54, 1.807) is 0 Å². The van der Waals surface area contributed by atoms with Gasteiger partial charge in [-0.1, -0.05) is 24.6 Å². The summed E-state index contributed by atoms with van der Waals surface area (Å²) in [5.74, 6) is 0.933. The first-order valence-electron chi connectivity index (χ1n) is 6.52. The van der Waals surface area contributed by atoms with Crippen LogP contribution in [0.5, 0.6) is 5.75 Å². The summed E-state index contributed by atoms with van der Waals surface area (Å²) in [4.78, 5) is 2.46. The highest BCUT2D eigenvalue weighted by molar-refractivity contribution is 5.20. The number of benzene rings is 1. The van der Waals surface area contributed by atoms with Gasteiger partial charge in [-0.15, -0.1) is 0 Å². The van der Waals surface area contributed by atoms with Gasteiger partial charge in [-0.3, -0.25) is 4.90 Å². The molecule has 1 unspecified atom stereocenters. The largest absolute Gasteiger partial charge is 0.492 e. The summed E-state index contributed by atoms with van der Waals surface area (Å²) < 4.78 is 5.79. The van der Waals surface area contributed by atoms with Crippen LogP contribution < -0.4 is 10.5 Å². The maximum atomic E-state index is 5.85. The van der Waals surface area contributed by atoms with Gasteiger partial charge >= 0.3 is 0 Å². The molecule has 0 amide bonds. The van der Waals surface area contributed by atoms with Gasteiger partial charge < -0.3 is 10.5 Å². The van der Waals surface area contributed by atoms with Gasteiger partial charge in [0, 0.05) is 6.54 Å². The fourth-order valence-corrected chi connectivity index (χ4v) is 2.32. The predicted molar refractivity (Wildman–Crippen MR) is 70.2 cm³/mol. The van der Waals surface area contributed by atoms with Crippen molar-refractivity contribution in [2.24, 2.45) is 5.73 Å². The molecular weight excluding hydrogens is 212 g/mol. The second kappa shape index (κ2) is 6.62. The molecule has 1 aromatic carbocycles. The zero-order valence-electron chi connectivity index (χ0n) is 10.3. The van der Waals surface area contributed by atoms with Crippen molar-refractivity contribution in [3.63, 3.8) is 0 Å². The van der Waals surface area contributed by atoms with Crippen LogP contribution in [0.3, 0.4) is 0 Å². The Bertz CT molecular complexity index is 309. The lowest BCUT2D eigenvalue weighted by Crippen LogP contribution is -2.46. The van der Waals surface area contributed by atoms with Crippen molar-refractivity contribution in [2.75, 3.05) is 26.2 Å². The highest BCUT2D eigenvalue weighted by atomic mass is 16.5. The van der Waals surface area contributed by atoms with E-state index < -0.39 is 0 Å².